The molecule has 3 rings (SSSR count). The maximum absolute atomic E-state index is 13.0. The number of sulfone groups is 1. The lowest BCUT2D eigenvalue weighted by molar-refractivity contribution is -0.155. The third kappa shape index (κ3) is 3.20. The Balaban J connectivity index is 1.81. The molecule has 2 fully saturated rings. The summed E-state index contributed by atoms with van der Waals surface area (Å²) in [6, 6.07) is -1.85. The first-order valence-electron chi connectivity index (χ1n) is 8.16. The van der Waals surface area contributed by atoms with Crippen LogP contribution in [-0.2, 0) is 40.8 Å². The van der Waals surface area contributed by atoms with Gasteiger partial charge in [-0.1, -0.05) is 11.8 Å². The smallest absolute Gasteiger partial charge is 0.328 e. The van der Waals surface area contributed by atoms with Crippen molar-refractivity contribution in [2.75, 3.05) is 12.4 Å². The Morgan fingerprint density at radius 1 is 1.33 bits per heavy atom. The van der Waals surface area contributed by atoms with Gasteiger partial charge in [-0.15, -0.1) is 5.10 Å². The van der Waals surface area contributed by atoms with Gasteiger partial charge in [0.1, 0.15) is 11.4 Å². The molecule has 14 nitrogen and oxygen atoms in total. The molecule has 0 saturated carbocycles. The second-order valence-corrected chi connectivity index (χ2v) is 10.0. The topological polar surface area (TPSA) is 199 Å². The first-order valence-corrected chi connectivity index (χ1v) is 10.7. The Kier molecular flexibility index (Phi) is 5.32. The minimum Gasteiger partial charge on any atom is -0.480 e. The summed E-state index contributed by atoms with van der Waals surface area (Å²) in [5.41, 5.74) is -0.547. The highest BCUT2D eigenvalue weighted by atomic mass is 32.2. The third-order valence-electron chi connectivity index (χ3n) is 4.73. The number of aliphatic carboxylic acids is 2. The standard InChI is InChI=1S/C14H15N5O9S2/c1-14(5-28-8(22)4-29-13-15-16-17-18(13)2)9(12(24)25)19-10(23)6(3-7(20)21)11(19)30(14,26)27/h3,9,11H,4-5H2,1-2H3,(H,20,21)(H,24,25)/b6-3-/t9-,11?,14-/m0/s1. The van der Waals surface area contributed by atoms with Crippen molar-refractivity contribution in [2.24, 2.45) is 7.05 Å². The maximum atomic E-state index is 13.0. The second kappa shape index (κ2) is 7.35. The van der Waals surface area contributed by atoms with Crippen molar-refractivity contribution in [1.29, 1.82) is 0 Å². The highest BCUT2D eigenvalue weighted by Gasteiger charge is 2.72. The van der Waals surface area contributed by atoms with Crippen LogP contribution in [0.4, 0.5) is 0 Å². The van der Waals surface area contributed by atoms with Gasteiger partial charge in [0, 0.05) is 13.1 Å². The molecule has 1 aromatic heterocycles. The fraction of sp³-hybridized carbons (Fsp3) is 0.500. The summed E-state index contributed by atoms with van der Waals surface area (Å²) in [5, 5.41) is 27.6. The molecule has 30 heavy (non-hydrogen) atoms. The van der Waals surface area contributed by atoms with E-state index in [0.717, 1.165) is 18.7 Å². The molecule has 1 amide bonds. The average molecular weight is 461 g/mol. The number of carboxylic acid groups (broad SMARTS) is 2. The van der Waals surface area contributed by atoms with Crippen molar-refractivity contribution in [3.63, 3.8) is 0 Å². The van der Waals surface area contributed by atoms with E-state index in [4.69, 9.17) is 9.84 Å². The van der Waals surface area contributed by atoms with Crippen LogP contribution in [0, 0.1) is 0 Å². The Morgan fingerprint density at radius 3 is 2.53 bits per heavy atom. The minimum atomic E-state index is -4.44. The number of carboxylic acids is 2. The molecular weight excluding hydrogens is 446 g/mol. The maximum Gasteiger partial charge on any atom is 0.328 e. The quantitative estimate of drug-likeness (QED) is 0.190. The molecule has 2 N–H and O–H groups in total. The monoisotopic (exact) mass is 461 g/mol. The highest BCUT2D eigenvalue weighted by molar-refractivity contribution is 7.99. The van der Waals surface area contributed by atoms with Crippen LogP contribution in [0.3, 0.4) is 0 Å². The van der Waals surface area contributed by atoms with Crippen molar-refractivity contribution in [3.05, 3.63) is 11.6 Å². The summed E-state index contributed by atoms with van der Waals surface area (Å²) < 4.78 is 30.2. The molecule has 3 atom stereocenters. The van der Waals surface area contributed by atoms with Gasteiger partial charge >= 0.3 is 17.9 Å². The number of tetrazole rings is 1. The number of carbonyl (C=O) groups is 4. The summed E-state index contributed by atoms with van der Waals surface area (Å²) in [6.07, 6.45) is 0.434. The first kappa shape index (κ1) is 21.7. The van der Waals surface area contributed by atoms with Gasteiger partial charge in [-0.25, -0.2) is 22.7 Å². The van der Waals surface area contributed by atoms with Crippen LogP contribution >= 0.6 is 11.8 Å². The molecule has 1 aromatic rings. The zero-order valence-corrected chi connectivity index (χ0v) is 17.1. The Labute approximate surface area is 172 Å². The summed E-state index contributed by atoms with van der Waals surface area (Å²) in [4.78, 5) is 47.5. The summed E-state index contributed by atoms with van der Waals surface area (Å²) >= 11 is 0.919. The number of hydrogen-bond donors (Lipinski definition) is 2. The van der Waals surface area contributed by atoms with Crippen LogP contribution in [0.25, 0.3) is 0 Å². The van der Waals surface area contributed by atoms with E-state index >= 15 is 0 Å². The molecule has 0 aromatic carbocycles. The predicted molar refractivity (Wildman–Crippen MR) is 95.6 cm³/mol. The fourth-order valence-corrected chi connectivity index (χ4v) is 6.19. The molecule has 2 saturated heterocycles. The third-order valence-corrected chi connectivity index (χ3v) is 8.43. The van der Waals surface area contributed by atoms with E-state index in [-0.39, 0.29) is 5.75 Å². The number of esters is 1. The number of thioether (sulfide) groups is 1. The number of fused-ring (bicyclic) bond motifs is 1. The van der Waals surface area contributed by atoms with Gasteiger partial charge in [-0.3, -0.25) is 9.59 Å². The zero-order valence-electron chi connectivity index (χ0n) is 15.5. The van der Waals surface area contributed by atoms with E-state index in [1.165, 1.54) is 4.68 Å². The Bertz CT molecular complexity index is 1080. The molecule has 2 aliphatic rings. The summed E-state index contributed by atoms with van der Waals surface area (Å²) in [5.74, 6) is -5.32. The number of carbonyl (C=O) groups excluding carboxylic acids is 2. The lowest BCUT2D eigenvalue weighted by atomic mass is 9.94. The van der Waals surface area contributed by atoms with Crippen LogP contribution in [0.2, 0.25) is 0 Å². The Morgan fingerprint density at radius 2 is 2.00 bits per heavy atom. The largest absolute Gasteiger partial charge is 0.480 e. The van der Waals surface area contributed by atoms with Crippen LogP contribution in [0.15, 0.2) is 16.8 Å². The molecular formula is C14H15N5O9S2. The van der Waals surface area contributed by atoms with E-state index in [0.29, 0.717) is 16.1 Å². The van der Waals surface area contributed by atoms with E-state index in [2.05, 4.69) is 15.5 Å². The van der Waals surface area contributed by atoms with Gasteiger partial charge in [0.15, 0.2) is 21.3 Å². The van der Waals surface area contributed by atoms with Crippen molar-refractivity contribution < 1.29 is 42.5 Å². The second-order valence-electron chi connectivity index (χ2n) is 6.64. The van der Waals surface area contributed by atoms with Crippen LogP contribution in [0.1, 0.15) is 6.92 Å². The van der Waals surface area contributed by atoms with Gasteiger partial charge < -0.3 is 19.8 Å². The SMILES string of the molecule is Cn1nnnc1SCC(=O)OC[C@@]1(C)[C@H](C(=O)O)N2C(=O)/C(=C/C(=O)O)C2S1(=O)=O. The van der Waals surface area contributed by atoms with Crippen LogP contribution < -0.4 is 0 Å². The highest BCUT2D eigenvalue weighted by Crippen LogP contribution is 2.48. The molecule has 0 radical (unpaired) electrons. The van der Waals surface area contributed by atoms with Gasteiger partial charge in [0.25, 0.3) is 5.91 Å². The number of rotatable bonds is 7. The van der Waals surface area contributed by atoms with Crippen LogP contribution in [0.5, 0.6) is 0 Å². The van der Waals surface area contributed by atoms with Crippen molar-refractivity contribution in [3.8, 4) is 0 Å². The van der Waals surface area contributed by atoms with E-state index in [1.54, 1.807) is 7.05 Å². The van der Waals surface area contributed by atoms with Gasteiger partial charge in [-0.2, -0.15) is 0 Å². The number of β-lactam (4-membered cyclic amide) rings is 1. The fourth-order valence-electron chi connectivity index (χ4n) is 3.26. The van der Waals surface area contributed by atoms with Crippen molar-refractivity contribution in [1.82, 2.24) is 25.1 Å². The van der Waals surface area contributed by atoms with Gasteiger partial charge in [-0.05, 0) is 17.4 Å². The lowest BCUT2D eigenvalue weighted by Gasteiger charge is -2.37. The summed E-state index contributed by atoms with van der Waals surface area (Å²) in [6.45, 7) is 0.196. The van der Waals surface area contributed by atoms with Crippen LogP contribution in [-0.4, -0.2) is 96.1 Å². The van der Waals surface area contributed by atoms with Crippen molar-refractivity contribution in [2.45, 2.75) is 28.2 Å². The summed E-state index contributed by atoms with van der Waals surface area (Å²) in [7, 11) is -2.90. The molecule has 3 heterocycles. The molecule has 162 valence electrons. The molecule has 1 unspecified atom stereocenters. The Hall–Kier alpha value is -3.01. The van der Waals surface area contributed by atoms with E-state index < -0.39 is 62.0 Å². The van der Waals surface area contributed by atoms with E-state index in [9.17, 15) is 32.7 Å². The zero-order chi connectivity index (χ0) is 22.4. The molecule has 0 aliphatic carbocycles. The number of ether oxygens (including phenoxy) is 1. The van der Waals surface area contributed by atoms with Crippen molar-refractivity contribution >= 4 is 45.4 Å². The number of aromatic nitrogens is 4. The molecule has 0 spiro atoms. The average Bonchev–Trinajstić information content (AvgIpc) is 3.12. The molecule has 2 aliphatic heterocycles. The lowest BCUT2D eigenvalue weighted by Crippen LogP contribution is -2.59. The molecule has 16 heteroatoms. The number of aryl methyl sites for hydroxylation is 1. The number of nitrogens with zero attached hydrogens (tertiary/aromatic N) is 5. The molecule has 0 bridgehead atoms. The first-order chi connectivity index (χ1) is 13.9. The van der Waals surface area contributed by atoms with E-state index in [1.807, 2.05) is 0 Å². The van der Waals surface area contributed by atoms with Gasteiger partial charge in [0.05, 0.1) is 11.3 Å². The minimum absolute atomic E-state index is 0.279. The normalized spacial score (nSPS) is 28.1. The van der Waals surface area contributed by atoms with Gasteiger partial charge in [0.2, 0.25) is 5.16 Å². The number of hydrogen-bond acceptors (Lipinski definition) is 11. The number of amides is 1. The predicted octanol–water partition coefficient (Wildman–Crippen LogP) is -2.33.